The molecule has 0 aliphatic heterocycles. The van der Waals surface area contributed by atoms with Gasteiger partial charge in [-0.25, -0.2) is 4.98 Å². The number of hydrogen-bond donors (Lipinski definition) is 0. The van der Waals surface area contributed by atoms with Crippen LogP contribution < -0.4 is 0 Å². The molecule has 0 amide bonds. The first kappa shape index (κ1) is 21.0. The summed E-state index contributed by atoms with van der Waals surface area (Å²) in [5, 5.41) is 0. The molecule has 4 rings (SSSR count). The van der Waals surface area contributed by atoms with Crippen LogP contribution in [0.2, 0.25) is 0 Å². The predicted molar refractivity (Wildman–Crippen MR) is 121 cm³/mol. The van der Waals surface area contributed by atoms with Gasteiger partial charge in [0.1, 0.15) is 11.5 Å². The predicted octanol–water partition coefficient (Wildman–Crippen LogP) is 6.02. The second kappa shape index (κ2) is 8.49. The van der Waals surface area contributed by atoms with E-state index in [1.165, 1.54) is 0 Å². The molecule has 0 bridgehead atoms. The molecule has 31 heavy (non-hydrogen) atoms. The first-order chi connectivity index (χ1) is 14.9. The molecule has 0 spiro atoms. The molecule has 5 nitrogen and oxygen atoms in total. The second-order valence-electron chi connectivity index (χ2n) is 7.21. The van der Waals surface area contributed by atoms with Crippen LogP contribution in [0.4, 0.5) is 0 Å². The molecule has 0 fully saturated rings. The Labute approximate surface area is 182 Å². The first-order valence-electron chi connectivity index (χ1n) is 10.0. The Morgan fingerprint density at radius 1 is 0.871 bits per heavy atom. The van der Waals surface area contributed by atoms with Crippen molar-refractivity contribution in [1.29, 1.82) is 0 Å². The quantitative estimate of drug-likeness (QED) is 0.348. The van der Waals surface area contributed by atoms with E-state index in [1.807, 2.05) is 56.3 Å². The summed E-state index contributed by atoms with van der Waals surface area (Å²) in [6.07, 6.45) is 0. The monoisotopic (exact) mass is 433 g/mol. The number of benzene rings is 3. The summed E-state index contributed by atoms with van der Waals surface area (Å²) in [5.41, 5.74) is 5.25. The Bertz CT molecular complexity index is 1320. The van der Waals surface area contributed by atoms with Gasteiger partial charge >= 0.3 is 0 Å². The molecule has 4 aromatic rings. The Morgan fingerprint density at radius 3 is 2.32 bits per heavy atom. The van der Waals surface area contributed by atoms with E-state index in [0.717, 1.165) is 22.3 Å². The van der Waals surface area contributed by atoms with Gasteiger partial charge in [-0.15, -0.1) is 0 Å². The molecule has 0 atom stereocenters. The fourth-order valence-electron chi connectivity index (χ4n) is 3.47. The molecule has 1 heterocycles. The molecule has 0 saturated heterocycles. The van der Waals surface area contributed by atoms with Crippen LogP contribution in [0.5, 0.6) is 0 Å². The fraction of sp³-hybridized carbons (Fsp3) is 0.160. The molecular formula is C25H23NO4S. The van der Waals surface area contributed by atoms with Crippen LogP contribution in [0.3, 0.4) is 0 Å². The summed E-state index contributed by atoms with van der Waals surface area (Å²) in [5.74, 6) is 1.11. The van der Waals surface area contributed by atoms with Crippen molar-refractivity contribution >= 4 is 10.1 Å². The van der Waals surface area contributed by atoms with Crippen LogP contribution in [0.15, 0.2) is 82.1 Å². The average molecular weight is 434 g/mol. The molecule has 1 aromatic heterocycles. The van der Waals surface area contributed by atoms with E-state index in [-0.39, 0.29) is 11.5 Å². The lowest BCUT2D eigenvalue weighted by Crippen LogP contribution is -2.06. The lowest BCUT2D eigenvalue weighted by atomic mass is 10.0. The van der Waals surface area contributed by atoms with Crippen molar-refractivity contribution in [2.24, 2.45) is 0 Å². The highest BCUT2D eigenvalue weighted by molar-refractivity contribution is 7.86. The lowest BCUT2D eigenvalue weighted by Gasteiger charge is -2.08. The highest BCUT2D eigenvalue weighted by Gasteiger charge is 2.20. The third-order valence-corrected chi connectivity index (χ3v) is 6.42. The van der Waals surface area contributed by atoms with Gasteiger partial charge in [0.15, 0.2) is 0 Å². The number of aromatic nitrogens is 1. The summed E-state index contributed by atoms with van der Waals surface area (Å²) in [4.78, 5) is 4.81. The number of aryl methyl sites for hydroxylation is 2. The van der Waals surface area contributed by atoms with Gasteiger partial charge in [-0.2, -0.15) is 8.42 Å². The van der Waals surface area contributed by atoms with E-state index in [1.54, 1.807) is 25.1 Å². The van der Waals surface area contributed by atoms with Crippen molar-refractivity contribution in [3.63, 3.8) is 0 Å². The Kier molecular flexibility index (Phi) is 5.76. The molecule has 0 aliphatic rings. The lowest BCUT2D eigenvalue weighted by molar-refractivity contribution is 0.338. The summed E-state index contributed by atoms with van der Waals surface area (Å²) in [6.45, 7) is 5.47. The van der Waals surface area contributed by atoms with Crippen molar-refractivity contribution in [3.05, 3.63) is 84.1 Å². The molecule has 0 N–H and O–H groups in total. The maximum atomic E-state index is 12.3. The number of oxazole rings is 1. The molecule has 0 radical (unpaired) electrons. The fourth-order valence-corrected chi connectivity index (χ4v) is 4.41. The van der Waals surface area contributed by atoms with Crippen molar-refractivity contribution in [2.45, 2.75) is 25.7 Å². The molecule has 0 saturated carbocycles. The zero-order valence-corrected chi connectivity index (χ0v) is 18.4. The summed E-state index contributed by atoms with van der Waals surface area (Å²) in [7, 11) is -3.81. The molecule has 158 valence electrons. The third-order valence-electron chi connectivity index (χ3n) is 5.04. The Balaban J connectivity index is 1.76. The Morgan fingerprint density at radius 2 is 1.58 bits per heavy atom. The van der Waals surface area contributed by atoms with E-state index >= 15 is 0 Å². The van der Waals surface area contributed by atoms with Gasteiger partial charge in [-0.3, -0.25) is 4.18 Å². The topological polar surface area (TPSA) is 69.4 Å². The molecule has 3 aromatic carbocycles. The number of nitrogens with zero attached hydrogens (tertiary/aromatic N) is 1. The maximum Gasteiger partial charge on any atom is 0.296 e. The highest BCUT2D eigenvalue weighted by atomic mass is 32.2. The smallest absolute Gasteiger partial charge is 0.296 e. The van der Waals surface area contributed by atoms with Crippen LogP contribution in [0.25, 0.3) is 33.8 Å². The molecule has 0 unspecified atom stereocenters. The van der Waals surface area contributed by atoms with Crippen LogP contribution in [0, 0.1) is 13.8 Å². The normalized spacial score (nSPS) is 11.6. The third kappa shape index (κ3) is 4.31. The van der Waals surface area contributed by atoms with Crippen LogP contribution in [-0.4, -0.2) is 20.0 Å². The van der Waals surface area contributed by atoms with Crippen molar-refractivity contribution in [2.75, 3.05) is 6.61 Å². The van der Waals surface area contributed by atoms with Crippen LogP contribution >= 0.6 is 0 Å². The van der Waals surface area contributed by atoms with E-state index in [9.17, 15) is 8.42 Å². The second-order valence-corrected chi connectivity index (χ2v) is 8.82. The number of hydrogen-bond acceptors (Lipinski definition) is 5. The van der Waals surface area contributed by atoms with E-state index < -0.39 is 10.1 Å². The van der Waals surface area contributed by atoms with E-state index in [2.05, 4.69) is 12.1 Å². The maximum absolute atomic E-state index is 12.3. The van der Waals surface area contributed by atoms with Crippen molar-refractivity contribution in [3.8, 4) is 33.8 Å². The Hall–Kier alpha value is -3.22. The SMILES string of the molecule is CCOS(=O)(=O)c1ccc(C)c(-c2nc(-c3cccc(-c4ccccc4)c3)oc2C)c1. The first-order valence-corrected chi connectivity index (χ1v) is 11.4. The van der Waals surface area contributed by atoms with Gasteiger partial charge in [0.2, 0.25) is 5.89 Å². The van der Waals surface area contributed by atoms with E-state index in [4.69, 9.17) is 13.6 Å². The van der Waals surface area contributed by atoms with Gasteiger partial charge in [0.05, 0.1) is 11.5 Å². The largest absolute Gasteiger partial charge is 0.441 e. The van der Waals surface area contributed by atoms with Gasteiger partial charge in [-0.1, -0.05) is 48.5 Å². The summed E-state index contributed by atoms with van der Waals surface area (Å²) < 4.78 is 35.6. The van der Waals surface area contributed by atoms with Crippen molar-refractivity contribution in [1.82, 2.24) is 4.98 Å². The average Bonchev–Trinajstić information content (AvgIpc) is 3.16. The highest BCUT2D eigenvalue weighted by Crippen LogP contribution is 2.33. The summed E-state index contributed by atoms with van der Waals surface area (Å²) in [6, 6.07) is 23.0. The zero-order chi connectivity index (χ0) is 22.0. The molecule has 6 heteroatoms. The zero-order valence-electron chi connectivity index (χ0n) is 17.6. The standard InChI is InChI=1S/C25H23NO4S/c1-4-29-31(27,28)22-14-13-17(2)23(16-22)24-18(3)30-25(26-24)21-12-8-11-20(15-21)19-9-6-5-7-10-19/h5-16H,4H2,1-3H3. The van der Waals surface area contributed by atoms with Crippen molar-refractivity contribution < 1.29 is 17.0 Å². The van der Waals surface area contributed by atoms with Gasteiger partial charge in [0, 0.05) is 11.1 Å². The van der Waals surface area contributed by atoms with Gasteiger partial charge < -0.3 is 4.42 Å². The van der Waals surface area contributed by atoms with Gasteiger partial charge in [-0.05, 0) is 61.7 Å². The van der Waals surface area contributed by atoms with Crippen LogP contribution in [-0.2, 0) is 14.3 Å². The minimum atomic E-state index is -3.81. The summed E-state index contributed by atoms with van der Waals surface area (Å²) >= 11 is 0. The number of rotatable bonds is 6. The minimum Gasteiger partial charge on any atom is -0.441 e. The van der Waals surface area contributed by atoms with Gasteiger partial charge in [0.25, 0.3) is 10.1 Å². The molecule has 0 aliphatic carbocycles. The molecular weight excluding hydrogens is 410 g/mol. The van der Waals surface area contributed by atoms with Crippen LogP contribution in [0.1, 0.15) is 18.2 Å². The van der Waals surface area contributed by atoms with E-state index in [0.29, 0.717) is 22.9 Å². The minimum absolute atomic E-state index is 0.0798.